The van der Waals surface area contributed by atoms with Gasteiger partial charge in [-0.3, -0.25) is 4.90 Å². The Morgan fingerprint density at radius 3 is 2.33 bits per heavy atom. The van der Waals surface area contributed by atoms with Crippen LogP contribution in [0.25, 0.3) is 0 Å². The fourth-order valence-corrected chi connectivity index (χ4v) is 2.38. The molecule has 0 aliphatic rings. The summed E-state index contributed by atoms with van der Waals surface area (Å²) >= 11 is 0. The monoisotopic (exact) mass is 288 g/mol. The molecule has 0 heterocycles. The molecule has 3 nitrogen and oxygen atoms in total. The molecule has 0 saturated carbocycles. The van der Waals surface area contributed by atoms with E-state index in [4.69, 9.17) is 10.00 Å². The second-order valence-electron chi connectivity index (χ2n) is 5.40. The standard InChI is InChI=1S/C18H28N2O/c1-4-16(5-2)15-20(6-3)13-14-21-18-9-7-17(8-10-18)11-12-19/h7-10,16H,4-6,11,13-15H2,1-3H3. The van der Waals surface area contributed by atoms with E-state index in [1.54, 1.807) is 0 Å². The van der Waals surface area contributed by atoms with Crippen LogP contribution in [0.5, 0.6) is 5.75 Å². The first kappa shape index (κ1) is 17.5. The summed E-state index contributed by atoms with van der Waals surface area (Å²) in [6.45, 7) is 10.6. The second kappa shape index (κ2) is 10.2. The molecule has 0 saturated heterocycles. The van der Waals surface area contributed by atoms with E-state index in [9.17, 15) is 0 Å². The van der Waals surface area contributed by atoms with Gasteiger partial charge in [0.25, 0.3) is 0 Å². The molecular formula is C18H28N2O. The molecule has 1 aromatic carbocycles. The first-order valence-corrected chi connectivity index (χ1v) is 8.04. The quantitative estimate of drug-likeness (QED) is 0.655. The van der Waals surface area contributed by atoms with Crippen LogP contribution < -0.4 is 4.74 Å². The molecule has 21 heavy (non-hydrogen) atoms. The van der Waals surface area contributed by atoms with E-state index in [2.05, 4.69) is 31.7 Å². The summed E-state index contributed by atoms with van der Waals surface area (Å²) in [5.41, 5.74) is 1.04. The summed E-state index contributed by atoms with van der Waals surface area (Å²) in [6, 6.07) is 9.96. The van der Waals surface area contributed by atoms with Crippen LogP contribution in [0.4, 0.5) is 0 Å². The maximum atomic E-state index is 8.64. The summed E-state index contributed by atoms with van der Waals surface area (Å²) in [4.78, 5) is 2.46. The normalized spacial score (nSPS) is 10.9. The fourth-order valence-electron chi connectivity index (χ4n) is 2.38. The molecule has 0 radical (unpaired) electrons. The first-order valence-electron chi connectivity index (χ1n) is 8.04. The van der Waals surface area contributed by atoms with Crippen molar-refractivity contribution < 1.29 is 4.74 Å². The van der Waals surface area contributed by atoms with Crippen molar-refractivity contribution >= 4 is 0 Å². The Labute approximate surface area is 129 Å². The van der Waals surface area contributed by atoms with Crippen molar-refractivity contribution in [1.82, 2.24) is 4.90 Å². The van der Waals surface area contributed by atoms with Gasteiger partial charge in [-0.1, -0.05) is 45.7 Å². The van der Waals surface area contributed by atoms with Crippen LogP contribution >= 0.6 is 0 Å². The van der Waals surface area contributed by atoms with Crippen molar-refractivity contribution in [3.05, 3.63) is 29.8 Å². The van der Waals surface area contributed by atoms with Gasteiger partial charge >= 0.3 is 0 Å². The minimum atomic E-state index is 0.458. The van der Waals surface area contributed by atoms with E-state index in [0.717, 1.165) is 36.9 Å². The Balaban J connectivity index is 2.35. The highest BCUT2D eigenvalue weighted by molar-refractivity contribution is 5.28. The minimum absolute atomic E-state index is 0.458. The van der Waals surface area contributed by atoms with Crippen molar-refractivity contribution in [2.24, 2.45) is 5.92 Å². The van der Waals surface area contributed by atoms with Crippen molar-refractivity contribution in [1.29, 1.82) is 5.26 Å². The van der Waals surface area contributed by atoms with Gasteiger partial charge in [0.2, 0.25) is 0 Å². The third kappa shape index (κ3) is 6.64. The lowest BCUT2D eigenvalue weighted by Gasteiger charge is -2.25. The van der Waals surface area contributed by atoms with Crippen LogP contribution in [-0.2, 0) is 6.42 Å². The molecule has 0 aliphatic carbocycles. The number of nitriles is 1. The Hall–Kier alpha value is -1.53. The Bertz CT molecular complexity index is 418. The predicted molar refractivity (Wildman–Crippen MR) is 87.4 cm³/mol. The highest BCUT2D eigenvalue weighted by Crippen LogP contribution is 2.13. The third-order valence-electron chi connectivity index (χ3n) is 4.00. The Morgan fingerprint density at radius 1 is 1.14 bits per heavy atom. The van der Waals surface area contributed by atoms with Gasteiger partial charge in [0, 0.05) is 13.1 Å². The van der Waals surface area contributed by atoms with Crippen LogP contribution in [0, 0.1) is 17.2 Å². The number of hydrogen-bond acceptors (Lipinski definition) is 3. The van der Waals surface area contributed by atoms with Gasteiger partial charge < -0.3 is 4.74 Å². The van der Waals surface area contributed by atoms with Gasteiger partial charge in [-0.25, -0.2) is 0 Å². The zero-order valence-electron chi connectivity index (χ0n) is 13.6. The Morgan fingerprint density at radius 2 is 1.81 bits per heavy atom. The molecule has 0 amide bonds. The highest BCUT2D eigenvalue weighted by atomic mass is 16.5. The number of hydrogen-bond donors (Lipinski definition) is 0. The fraction of sp³-hybridized carbons (Fsp3) is 0.611. The van der Waals surface area contributed by atoms with Crippen molar-refractivity contribution in [2.45, 2.75) is 40.0 Å². The van der Waals surface area contributed by atoms with Gasteiger partial charge in [0.05, 0.1) is 12.5 Å². The lowest BCUT2D eigenvalue weighted by Crippen LogP contribution is -2.32. The van der Waals surface area contributed by atoms with Gasteiger partial charge in [0.1, 0.15) is 12.4 Å². The maximum Gasteiger partial charge on any atom is 0.119 e. The first-order chi connectivity index (χ1) is 10.2. The van der Waals surface area contributed by atoms with E-state index < -0.39 is 0 Å². The summed E-state index contributed by atoms with van der Waals surface area (Å²) in [6.07, 6.45) is 2.95. The largest absolute Gasteiger partial charge is 0.492 e. The number of ether oxygens (including phenoxy) is 1. The number of nitrogens with zero attached hydrogens (tertiary/aromatic N) is 2. The van der Waals surface area contributed by atoms with Crippen LogP contribution in [0.1, 0.15) is 39.2 Å². The van der Waals surface area contributed by atoms with Crippen LogP contribution in [-0.4, -0.2) is 31.1 Å². The average Bonchev–Trinajstić information content (AvgIpc) is 2.52. The van der Waals surface area contributed by atoms with E-state index in [0.29, 0.717) is 13.0 Å². The molecule has 0 aliphatic heterocycles. The number of likely N-dealkylation sites (N-methyl/N-ethyl adjacent to an activating group) is 1. The summed E-state index contributed by atoms with van der Waals surface area (Å²) in [5, 5.41) is 8.64. The third-order valence-corrected chi connectivity index (χ3v) is 4.00. The van der Waals surface area contributed by atoms with Crippen molar-refractivity contribution in [2.75, 3.05) is 26.2 Å². The molecule has 0 fully saturated rings. The molecule has 1 aromatic rings. The summed E-state index contributed by atoms with van der Waals surface area (Å²) < 4.78 is 5.80. The average molecular weight is 288 g/mol. The molecule has 3 heteroatoms. The number of benzene rings is 1. The van der Waals surface area contributed by atoms with Crippen LogP contribution in [0.2, 0.25) is 0 Å². The molecular weight excluding hydrogens is 260 g/mol. The molecule has 0 aromatic heterocycles. The SMILES string of the molecule is CCC(CC)CN(CC)CCOc1ccc(CC#N)cc1. The topological polar surface area (TPSA) is 36.3 Å². The van der Waals surface area contributed by atoms with Gasteiger partial charge in [0.15, 0.2) is 0 Å². The maximum absolute atomic E-state index is 8.64. The van der Waals surface area contributed by atoms with Gasteiger partial charge in [-0.2, -0.15) is 5.26 Å². The molecule has 0 bridgehead atoms. The number of rotatable bonds is 10. The van der Waals surface area contributed by atoms with E-state index in [-0.39, 0.29) is 0 Å². The van der Waals surface area contributed by atoms with E-state index in [1.807, 2.05) is 24.3 Å². The predicted octanol–water partition coefficient (Wildman–Crippen LogP) is 3.89. The Kier molecular flexibility index (Phi) is 8.54. The highest BCUT2D eigenvalue weighted by Gasteiger charge is 2.09. The second-order valence-corrected chi connectivity index (χ2v) is 5.40. The van der Waals surface area contributed by atoms with Gasteiger partial charge in [-0.05, 0) is 30.2 Å². The van der Waals surface area contributed by atoms with E-state index >= 15 is 0 Å². The zero-order valence-corrected chi connectivity index (χ0v) is 13.6. The molecule has 1 rings (SSSR count). The molecule has 116 valence electrons. The van der Waals surface area contributed by atoms with Crippen molar-refractivity contribution in [3.8, 4) is 11.8 Å². The summed E-state index contributed by atoms with van der Waals surface area (Å²) in [5.74, 6) is 1.67. The lowest BCUT2D eigenvalue weighted by atomic mass is 10.0. The summed E-state index contributed by atoms with van der Waals surface area (Å²) in [7, 11) is 0. The van der Waals surface area contributed by atoms with E-state index in [1.165, 1.54) is 12.8 Å². The molecule has 0 atom stereocenters. The molecule has 0 N–H and O–H groups in total. The minimum Gasteiger partial charge on any atom is -0.492 e. The lowest BCUT2D eigenvalue weighted by molar-refractivity contribution is 0.188. The molecule has 0 unspecified atom stereocenters. The van der Waals surface area contributed by atoms with Gasteiger partial charge in [-0.15, -0.1) is 0 Å². The molecule has 0 spiro atoms. The van der Waals surface area contributed by atoms with Crippen LogP contribution in [0.15, 0.2) is 24.3 Å². The van der Waals surface area contributed by atoms with Crippen LogP contribution in [0.3, 0.4) is 0 Å². The van der Waals surface area contributed by atoms with Crippen molar-refractivity contribution in [3.63, 3.8) is 0 Å². The smallest absolute Gasteiger partial charge is 0.119 e. The zero-order chi connectivity index (χ0) is 15.5.